The molecule has 0 radical (unpaired) electrons. The maximum atomic E-state index is 11.7. The minimum atomic E-state index is 0.0347. The maximum absolute atomic E-state index is 11.7. The predicted molar refractivity (Wildman–Crippen MR) is 71.4 cm³/mol. The maximum Gasteiger partial charge on any atom is 0.239 e. The molecule has 18 heavy (non-hydrogen) atoms. The molecular formula is C14H18N2O2. The van der Waals surface area contributed by atoms with Crippen LogP contribution in [0.2, 0.25) is 0 Å². The van der Waals surface area contributed by atoms with Crippen molar-refractivity contribution in [3.05, 3.63) is 36.5 Å². The Hall–Kier alpha value is -1.81. The molecule has 1 amide bonds. The highest BCUT2D eigenvalue weighted by Gasteiger charge is 2.04. The topological polar surface area (TPSA) is 43.3 Å². The average molecular weight is 246 g/mol. The Morgan fingerprint density at radius 1 is 1.33 bits per heavy atom. The number of nitrogens with one attached hydrogen (secondary N) is 1. The molecule has 0 saturated carbocycles. The van der Waals surface area contributed by atoms with Crippen LogP contribution in [-0.4, -0.2) is 30.7 Å². The molecule has 0 aliphatic heterocycles. The molecule has 2 rings (SSSR count). The quantitative estimate of drug-likeness (QED) is 0.790. The van der Waals surface area contributed by atoms with Crippen molar-refractivity contribution in [3.8, 4) is 0 Å². The third-order valence-electron chi connectivity index (χ3n) is 2.84. The molecule has 4 nitrogen and oxygen atoms in total. The van der Waals surface area contributed by atoms with E-state index in [2.05, 4.69) is 5.32 Å². The van der Waals surface area contributed by atoms with Gasteiger partial charge in [0.2, 0.25) is 5.91 Å². The number of ether oxygens (including phenoxy) is 1. The predicted octanol–water partition coefficient (Wildman–Crippen LogP) is 1.79. The Bertz CT molecular complexity index is 519. The second kappa shape index (κ2) is 6.21. The summed E-state index contributed by atoms with van der Waals surface area (Å²) in [6, 6.07) is 10.1. The van der Waals surface area contributed by atoms with Gasteiger partial charge in [-0.1, -0.05) is 18.2 Å². The van der Waals surface area contributed by atoms with Gasteiger partial charge in [-0.05, 0) is 23.9 Å². The Morgan fingerprint density at radius 3 is 3.00 bits per heavy atom. The summed E-state index contributed by atoms with van der Waals surface area (Å²) in [5.74, 6) is 0.0347. The number of hydrogen-bond acceptors (Lipinski definition) is 2. The molecule has 0 bridgehead atoms. The molecule has 1 aromatic carbocycles. The van der Waals surface area contributed by atoms with Crippen molar-refractivity contribution < 1.29 is 9.53 Å². The molecule has 4 heteroatoms. The van der Waals surface area contributed by atoms with Crippen LogP contribution in [0.1, 0.15) is 6.42 Å². The van der Waals surface area contributed by atoms with E-state index in [-0.39, 0.29) is 5.91 Å². The lowest BCUT2D eigenvalue weighted by molar-refractivity contribution is -0.121. The van der Waals surface area contributed by atoms with Crippen molar-refractivity contribution in [1.29, 1.82) is 0 Å². The molecule has 0 saturated heterocycles. The van der Waals surface area contributed by atoms with Crippen LogP contribution >= 0.6 is 0 Å². The number of rotatable bonds is 6. The van der Waals surface area contributed by atoms with Gasteiger partial charge in [-0.25, -0.2) is 0 Å². The Morgan fingerprint density at radius 2 is 2.17 bits per heavy atom. The lowest BCUT2D eigenvalue weighted by Gasteiger charge is -2.07. The number of benzene rings is 1. The number of aromatic nitrogens is 1. The van der Waals surface area contributed by atoms with E-state index >= 15 is 0 Å². The normalized spacial score (nSPS) is 10.7. The molecule has 0 unspecified atom stereocenters. The van der Waals surface area contributed by atoms with Crippen LogP contribution < -0.4 is 5.32 Å². The second-order valence-corrected chi connectivity index (χ2v) is 4.20. The molecule has 0 atom stereocenters. The van der Waals surface area contributed by atoms with E-state index in [1.807, 2.05) is 41.1 Å². The van der Waals surface area contributed by atoms with Gasteiger partial charge < -0.3 is 14.6 Å². The van der Waals surface area contributed by atoms with Crippen LogP contribution in [0.5, 0.6) is 0 Å². The molecule has 0 aliphatic rings. The zero-order valence-corrected chi connectivity index (χ0v) is 10.6. The average Bonchev–Trinajstić information content (AvgIpc) is 2.78. The van der Waals surface area contributed by atoms with Crippen LogP contribution in [0, 0.1) is 0 Å². The van der Waals surface area contributed by atoms with Gasteiger partial charge in [0.1, 0.15) is 6.54 Å². The zero-order valence-electron chi connectivity index (χ0n) is 10.6. The van der Waals surface area contributed by atoms with Crippen molar-refractivity contribution in [2.45, 2.75) is 13.0 Å². The largest absolute Gasteiger partial charge is 0.385 e. The minimum absolute atomic E-state index is 0.0347. The van der Waals surface area contributed by atoms with Crippen LogP contribution in [0.25, 0.3) is 10.9 Å². The first-order valence-electron chi connectivity index (χ1n) is 6.11. The molecule has 96 valence electrons. The first-order chi connectivity index (χ1) is 8.81. The summed E-state index contributed by atoms with van der Waals surface area (Å²) in [6.45, 7) is 1.69. The van der Waals surface area contributed by atoms with Crippen molar-refractivity contribution in [1.82, 2.24) is 9.88 Å². The summed E-state index contributed by atoms with van der Waals surface area (Å²) >= 11 is 0. The van der Waals surface area contributed by atoms with E-state index in [0.717, 1.165) is 17.3 Å². The van der Waals surface area contributed by atoms with Crippen molar-refractivity contribution >= 4 is 16.8 Å². The lowest BCUT2D eigenvalue weighted by Crippen LogP contribution is -2.28. The third kappa shape index (κ3) is 3.11. The van der Waals surface area contributed by atoms with Crippen molar-refractivity contribution in [2.75, 3.05) is 20.3 Å². The molecule has 1 aromatic heterocycles. The number of amides is 1. The molecule has 0 fully saturated rings. The van der Waals surface area contributed by atoms with Gasteiger partial charge in [0.15, 0.2) is 0 Å². The fourth-order valence-corrected chi connectivity index (χ4v) is 1.93. The number of fused-ring (bicyclic) bond motifs is 1. The Balaban J connectivity index is 1.91. The van der Waals surface area contributed by atoms with Gasteiger partial charge >= 0.3 is 0 Å². The zero-order chi connectivity index (χ0) is 12.8. The van der Waals surface area contributed by atoms with Crippen molar-refractivity contribution in [3.63, 3.8) is 0 Å². The van der Waals surface area contributed by atoms with Crippen LogP contribution in [0.15, 0.2) is 36.5 Å². The summed E-state index contributed by atoms with van der Waals surface area (Å²) in [7, 11) is 1.66. The SMILES string of the molecule is COCCCNC(=O)Cn1ccc2ccccc21. The van der Waals surface area contributed by atoms with E-state index in [4.69, 9.17) is 4.74 Å². The van der Waals surface area contributed by atoms with E-state index in [1.165, 1.54) is 0 Å². The molecule has 1 N–H and O–H groups in total. The molecule has 0 aliphatic carbocycles. The van der Waals surface area contributed by atoms with E-state index < -0.39 is 0 Å². The smallest absolute Gasteiger partial charge is 0.239 e. The Labute approximate surface area is 107 Å². The monoisotopic (exact) mass is 246 g/mol. The van der Waals surface area contributed by atoms with E-state index in [9.17, 15) is 4.79 Å². The highest BCUT2D eigenvalue weighted by molar-refractivity contribution is 5.83. The van der Waals surface area contributed by atoms with Gasteiger partial charge in [0.25, 0.3) is 0 Å². The number of carbonyl (C=O) groups is 1. The van der Waals surface area contributed by atoms with Crippen LogP contribution in [0.3, 0.4) is 0 Å². The van der Waals surface area contributed by atoms with Gasteiger partial charge in [-0.3, -0.25) is 4.79 Å². The number of nitrogens with zero attached hydrogens (tertiary/aromatic N) is 1. The summed E-state index contributed by atoms with van der Waals surface area (Å²) < 4.78 is 6.89. The third-order valence-corrected chi connectivity index (χ3v) is 2.84. The van der Waals surface area contributed by atoms with E-state index in [1.54, 1.807) is 7.11 Å². The van der Waals surface area contributed by atoms with Gasteiger partial charge in [0, 0.05) is 32.0 Å². The van der Waals surface area contributed by atoms with Crippen LogP contribution in [-0.2, 0) is 16.1 Å². The van der Waals surface area contributed by atoms with Gasteiger partial charge in [-0.2, -0.15) is 0 Å². The number of methoxy groups -OCH3 is 1. The first kappa shape index (κ1) is 12.6. The number of para-hydroxylation sites is 1. The van der Waals surface area contributed by atoms with Gasteiger partial charge in [0.05, 0.1) is 0 Å². The number of hydrogen-bond donors (Lipinski definition) is 1. The van der Waals surface area contributed by atoms with E-state index in [0.29, 0.717) is 19.7 Å². The molecule has 0 spiro atoms. The molecule has 2 aromatic rings. The van der Waals surface area contributed by atoms with Crippen molar-refractivity contribution in [2.24, 2.45) is 0 Å². The highest BCUT2D eigenvalue weighted by Crippen LogP contribution is 2.14. The Kier molecular flexibility index (Phi) is 4.36. The highest BCUT2D eigenvalue weighted by atomic mass is 16.5. The minimum Gasteiger partial charge on any atom is -0.385 e. The fraction of sp³-hybridized carbons (Fsp3) is 0.357. The van der Waals surface area contributed by atoms with Gasteiger partial charge in [-0.15, -0.1) is 0 Å². The summed E-state index contributed by atoms with van der Waals surface area (Å²) in [4.78, 5) is 11.7. The number of carbonyl (C=O) groups excluding carboxylic acids is 1. The summed E-state index contributed by atoms with van der Waals surface area (Å²) in [5, 5.41) is 4.04. The standard InChI is InChI=1S/C14H18N2O2/c1-18-10-4-8-15-14(17)11-16-9-7-12-5-2-3-6-13(12)16/h2-3,5-7,9H,4,8,10-11H2,1H3,(H,15,17). The molecule has 1 heterocycles. The lowest BCUT2D eigenvalue weighted by atomic mass is 10.2. The molecular weight excluding hydrogens is 228 g/mol. The van der Waals surface area contributed by atoms with Crippen LogP contribution in [0.4, 0.5) is 0 Å². The summed E-state index contributed by atoms with van der Waals surface area (Å²) in [5.41, 5.74) is 1.09. The fourth-order valence-electron chi connectivity index (χ4n) is 1.93. The summed E-state index contributed by atoms with van der Waals surface area (Å²) in [6.07, 6.45) is 2.79. The second-order valence-electron chi connectivity index (χ2n) is 4.20. The first-order valence-corrected chi connectivity index (χ1v) is 6.11.